The molecule has 8 aromatic carbocycles. The molecule has 4 nitrogen and oxygen atoms in total. The Balaban J connectivity index is 1.09. The summed E-state index contributed by atoms with van der Waals surface area (Å²) < 4.78 is 22.2. The van der Waals surface area contributed by atoms with Crippen molar-refractivity contribution in [3.05, 3.63) is 164 Å². The monoisotopic (exact) mass is 665 g/mol. The number of aromatic nitrogens is 1. The molecule has 0 saturated carbocycles. The van der Waals surface area contributed by atoms with E-state index in [2.05, 4.69) is 138 Å². The average Bonchev–Trinajstić information content (AvgIpc) is 3.96. The first-order valence-electron chi connectivity index (χ1n) is 17.6. The summed E-state index contributed by atoms with van der Waals surface area (Å²) in [4.78, 5) is 0. The zero-order valence-electron chi connectivity index (χ0n) is 27.8. The fourth-order valence-corrected chi connectivity index (χ4v) is 8.50. The van der Waals surface area contributed by atoms with E-state index < -0.39 is 0 Å². The van der Waals surface area contributed by atoms with E-state index >= 15 is 0 Å². The van der Waals surface area contributed by atoms with Gasteiger partial charge in [0, 0.05) is 48.7 Å². The van der Waals surface area contributed by atoms with Crippen molar-refractivity contribution in [1.82, 2.24) is 4.57 Å². The van der Waals surface area contributed by atoms with Crippen LogP contribution in [0.5, 0.6) is 0 Å². The highest BCUT2D eigenvalue weighted by molar-refractivity contribution is 6.27. The number of hydrogen-bond donors (Lipinski definition) is 0. The number of furan rings is 3. The smallest absolute Gasteiger partial charge is 0.159 e. The van der Waals surface area contributed by atoms with E-state index in [4.69, 9.17) is 13.3 Å². The molecule has 0 fully saturated rings. The van der Waals surface area contributed by atoms with Gasteiger partial charge in [0.1, 0.15) is 27.9 Å². The largest absolute Gasteiger partial charge is 0.456 e. The molecule has 0 saturated heterocycles. The van der Waals surface area contributed by atoms with Gasteiger partial charge in [0.25, 0.3) is 0 Å². The van der Waals surface area contributed by atoms with Gasteiger partial charge in [-0.05, 0) is 71.3 Å². The molecular formula is C48H27NO3. The molecule has 4 heteroatoms. The molecule has 0 amide bonds. The van der Waals surface area contributed by atoms with E-state index in [1.54, 1.807) is 0 Å². The van der Waals surface area contributed by atoms with Gasteiger partial charge in [-0.25, -0.2) is 0 Å². The summed E-state index contributed by atoms with van der Waals surface area (Å²) in [6, 6.07) is 57.6. The van der Waals surface area contributed by atoms with Gasteiger partial charge in [-0.1, -0.05) is 109 Å². The Morgan fingerprint density at radius 2 is 0.981 bits per heavy atom. The van der Waals surface area contributed by atoms with Crippen molar-refractivity contribution in [3.8, 4) is 27.9 Å². The van der Waals surface area contributed by atoms with Crippen LogP contribution in [0, 0.1) is 0 Å². The first-order valence-corrected chi connectivity index (χ1v) is 17.6. The van der Waals surface area contributed by atoms with Gasteiger partial charge in [-0.15, -0.1) is 0 Å². The van der Waals surface area contributed by atoms with Crippen molar-refractivity contribution in [2.45, 2.75) is 0 Å². The Labute approximate surface area is 296 Å². The summed E-state index contributed by atoms with van der Waals surface area (Å²) in [6.45, 7) is 0. The molecule has 12 aromatic rings. The summed E-state index contributed by atoms with van der Waals surface area (Å²) in [5.41, 5.74) is 12.9. The minimum absolute atomic E-state index is 0.832. The maximum absolute atomic E-state index is 6.84. The number of hydrogen-bond acceptors (Lipinski definition) is 3. The average molecular weight is 666 g/mol. The van der Waals surface area contributed by atoms with E-state index in [1.165, 1.54) is 21.9 Å². The number of para-hydroxylation sites is 4. The molecule has 12 rings (SSSR count). The Morgan fingerprint density at radius 3 is 1.85 bits per heavy atom. The van der Waals surface area contributed by atoms with Crippen molar-refractivity contribution in [3.63, 3.8) is 0 Å². The molecule has 0 aliphatic heterocycles. The minimum atomic E-state index is 0.832. The highest BCUT2D eigenvalue weighted by Crippen LogP contribution is 2.45. The summed E-state index contributed by atoms with van der Waals surface area (Å²) >= 11 is 0. The SMILES string of the molecule is c1ccc(-c2ccc3c(c2)c2ccccc2n3-c2cccc3c2oc2ccc4oc5c(-c6ccc7c(c6)oc6ccccc67)cccc5c4c23)cc1. The van der Waals surface area contributed by atoms with Crippen LogP contribution in [0.2, 0.25) is 0 Å². The van der Waals surface area contributed by atoms with Gasteiger partial charge in [0.05, 0.1) is 16.7 Å². The molecule has 4 aromatic heterocycles. The lowest BCUT2D eigenvalue weighted by molar-refractivity contribution is 0.662. The predicted molar refractivity (Wildman–Crippen MR) is 213 cm³/mol. The maximum atomic E-state index is 6.84. The van der Waals surface area contributed by atoms with Crippen LogP contribution in [-0.2, 0) is 0 Å². The van der Waals surface area contributed by atoms with Crippen LogP contribution < -0.4 is 0 Å². The van der Waals surface area contributed by atoms with Gasteiger partial charge < -0.3 is 17.8 Å². The normalized spacial score (nSPS) is 12.2. The Hall–Kier alpha value is -7.04. The van der Waals surface area contributed by atoms with Crippen molar-refractivity contribution >= 4 is 87.6 Å². The van der Waals surface area contributed by atoms with Crippen LogP contribution in [0.25, 0.3) is 116 Å². The Morgan fingerprint density at radius 1 is 0.327 bits per heavy atom. The van der Waals surface area contributed by atoms with E-state index in [9.17, 15) is 0 Å². The molecule has 52 heavy (non-hydrogen) atoms. The zero-order chi connectivity index (χ0) is 33.9. The first kappa shape index (κ1) is 27.7. The predicted octanol–water partition coefficient (Wildman–Crippen LogP) is 13.8. The maximum Gasteiger partial charge on any atom is 0.159 e. The van der Waals surface area contributed by atoms with E-state index in [1.807, 2.05) is 30.3 Å². The summed E-state index contributed by atoms with van der Waals surface area (Å²) in [6.07, 6.45) is 0. The van der Waals surface area contributed by atoms with Gasteiger partial charge >= 0.3 is 0 Å². The van der Waals surface area contributed by atoms with E-state index in [0.717, 1.165) is 93.7 Å². The van der Waals surface area contributed by atoms with Crippen molar-refractivity contribution in [1.29, 1.82) is 0 Å². The molecule has 0 atom stereocenters. The molecule has 242 valence electrons. The summed E-state index contributed by atoms with van der Waals surface area (Å²) in [7, 11) is 0. The Kier molecular flexibility index (Phi) is 5.47. The molecule has 4 heterocycles. The molecule has 0 aliphatic rings. The second kappa shape index (κ2) is 10.3. The fraction of sp³-hybridized carbons (Fsp3) is 0. The van der Waals surface area contributed by atoms with Crippen LogP contribution in [0.1, 0.15) is 0 Å². The lowest BCUT2D eigenvalue weighted by atomic mass is 9.99. The number of benzene rings is 8. The highest BCUT2D eigenvalue weighted by Gasteiger charge is 2.22. The van der Waals surface area contributed by atoms with Crippen LogP contribution in [0.15, 0.2) is 177 Å². The number of nitrogens with zero attached hydrogens (tertiary/aromatic N) is 1. The molecule has 0 unspecified atom stereocenters. The molecule has 0 spiro atoms. The van der Waals surface area contributed by atoms with Gasteiger partial charge in [0.15, 0.2) is 5.58 Å². The van der Waals surface area contributed by atoms with Crippen LogP contribution in [0.4, 0.5) is 0 Å². The molecule has 0 N–H and O–H groups in total. The lowest BCUT2D eigenvalue weighted by Crippen LogP contribution is -1.94. The van der Waals surface area contributed by atoms with Crippen LogP contribution in [-0.4, -0.2) is 4.57 Å². The fourth-order valence-electron chi connectivity index (χ4n) is 8.50. The standard InChI is InChI=1S/C48H27NO3/c1-2-10-28(11-3-1)29-21-23-39-37(26-29)32-12-4-6-17-38(32)49(39)40-18-9-16-36-46-43(52-48(36)40)25-24-42-45(46)35-15-8-14-31(47(35)51-42)30-20-22-34-33-13-5-7-19-41(33)50-44(34)27-30/h1-27H. The van der Waals surface area contributed by atoms with Crippen LogP contribution >= 0.6 is 0 Å². The molecular weight excluding hydrogens is 639 g/mol. The van der Waals surface area contributed by atoms with E-state index in [-0.39, 0.29) is 0 Å². The molecule has 0 aliphatic carbocycles. The number of fused-ring (bicyclic) bond motifs is 13. The summed E-state index contributed by atoms with van der Waals surface area (Å²) in [5, 5.41) is 8.88. The van der Waals surface area contributed by atoms with Crippen LogP contribution in [0.3, 0.4) is 0 Å². The molecule has 0 radical (unpaired) electrons. The van der Waals surface area contributed by atoms with Gasteiger partial charge in [0.2, 0.25) is 0 Å². The van der Waals surface area contributed by atoms with E-state index in [0.29, 0.717) is 0 Å². The zero-order valence-corrected chi connectivity index (χ0v) is 27.8. The van der Waals surface area contributed by atoms with Crippen molar-refractivity contribution in [2.24, 2.45) is 0 Å². The van der Waals surface area contributed by atoms with Gasteiger partial charge in [-0.2, -0.15) is 0 Å². The van der Waals surface area contributed by atoms with Gasteiger partial charge in [-0.3, -0.25) is 0 Å². The van der Waals surface area contributed by atoms with Crippen molar-refractivity contribution in [2.75, 3.05) is 0 Å². The number of rotatable bonds is 3. The third kappa shape index (κ3) is 3.75. The quantitative estimate of drug-likeness (QED) is 0.189. The summed E-state index contributed by atoms with van der Waals surface area (Å²) in [5.74, 6) is 0. The second-order valence-electron chi connectivity index (χ2n) is 13.6. The second-order valence-corrected chi connectivity index (χ2v) is 13.6. The third-order valence-corrected chi connectivity index (χ3v) is 10.8. The highest BCUT2D eigenvalue weighted by atomic mass is 16.3. The first-order chi connectivity index (χ1) is 25.8. The third-order valence-electron chi connectivity index (χ3n) is 10.8. The lowest BCUT2D eigenvalue weighted by Gasteiger charge is -2.09. The minimum Gasteiger partial charge on any atom is -0.456 e. The van der Waals surface area contributed by atoms with Crippen molar-refractivity contribution < 1.29 is 13.3 Å². The topological polar surface area (TPSA) is 44.4 Å². The molecule has 0 bridgehead atoms. The Bertz CT molecular complexity index is 3410.